The molecule has 0 saturated heterocycles. The Morgan fingerprint density at radius 1 is 1.38 bits per heavy atom. The van der Waals surface area contributed by atoms with Crippen LogP contribution in [0.2, 0.25) is 0 Å². The second-order valence-corrected chi connectivity index (χ2v) is 3.10. The van der Waals surface area contributed by atoms with Gasteiger partial charge in [-0.05, 0) is 12.1 Å². The summed E-state index contributed by atoms with van der Waals surface area (Å²) in [5, 5.41) is 4.45. The molecule has 3 heterocycles. The van der Waals surface area contributed by atoms with Crippen LogP contribution in [0.15, 0.2) is 24.4 Å². The molecule has 3 rings (SSSR count). The third-order valence-electron chi connectivity index (χ3n) is 2.29. The predicted molar refractivity (Wildman–Crippen MR) is 53.6 cm³/mol. The van der Waals surface area contributed by atoms with Crippen molar-refractivity contribution in [1.82, 2.24) is 9.97 Å². The van der Waals surface area contributed by atoms with Crippen molar-refractivity contribution >= 4 is 22.9 Å². The van der Waals surface area contributed by atoms with E-state index in [4.69, 9.17) is 0 Å². The molecule has 0 fully saturated rings. The minimum absolute atomic E-state index is 0.889. The maximum Gasteiger partial charge on any atom is 0.139 e. The molecule has 0 radical (unpaired) electrons. The zero-order valence-electron chi connectivity index (χ0n) is 7.04. The van der Waals surface area contributed by atoms with Gasteiger partial charge in [-0.1, -0.05) is 12.2 Å². The number of H-pyrrole nitrogens is 1. The van der Waals surface area contributed by atoms with E-state index in [1.54, 1.807) is 6.20 Å². The fourth-order valence-corrected chi connectivity index (χ4v) is 1.69. The number of aromatic nitrogens is 2. The molecule has 0 aromatic carbocycles. The quantitative estimate of drug-likeness (QED) is 0.636. The van der Waals surface area contributed by atoms with Crippen LogP contribution in [0.4, 0.5) is 5.82 Å². The molecule has 0 bridgehead atoms. The molecular weight excluding hydrogens is 162 g/mol. The minimum Gasteiger partial charge on any atom is -0.368 e. The summed E-state index contributed by atoms with van der Waals surface area (Å²) in [5.74, 6) is 1.08. The van der Waals surface area contributed by atoms with Gasteiger partial charge in [-0.25, -0.2) is 4.98 Å². The molecule has 13 heavy (non-hydrogen) atoms. The SMILES string of the molecule is C1=Cc2c([nH]c3ncccc23)NC1. The Morgan fingerprint density at radius 2 is 2.38 bits per heavy atom. The first-order valence-electron chi connectivity index (χ1n) is 4.32. The number of nitrogens with one attached hydrogen (secondary N) is 2. The first-order valence-corrected chi connectivity index (χ1v) is 4.32. The van der Waals surface area contributed by atoms with E-state index in [-0.39, 0.29) is 0 Å². The summed E-state index contributed by atoms with van der Waals surface area (Å²) in [5.41, 5.74) is 2.17. The van der Waals surface area contributed by atoms with E-state index in [1.807, 2.05) is 6.07 Å². The average molecular weight is 171 g/mol. The van der Waals surface area contributed by atoms with Gasteiger partial charge in [0.05, 0.1) is 0 Å². The van der Waals surface area contributed by atoms with Crippen molar-refractivity contribution in [2.45, 2.75) is 0 Å². The molecule has 1 aliphatic heterocycles. The Morgan fingerprint density at radius 3 is 3.38 bits per heavy atom. The number of nitrogens with zero attached hydrogens (tertiary/aromatic N) is 1. The molecule has 1 aliphatic rings. The number of anilines is 1. The topological polar surface area (TPSA) is 40.7 Å². The van der Waals surface area contributed by atoms with Crippen LogP contribution >= 0.6 is 0 Å². The van der Waals surface area contributed by atoms with Crippen LogP contribution in [-0.4, -0.2) is 16.5 Å². The van der Waals surface area contributed by atoms with Crippen molar-refractivity contribution in [2.75, 3.05) is 11.9 Å². The fraction of sp³-hybridized carbons (Fsp3) is 0.100. The van der Waals surface area contributed by atoms with E-state index in [0.29, 0.717) is 0 Å². The van der Waals surface area contributed by atoms with E-state index in [0.717, 1.165) is 18.0 Å². The molecule has 2 aromatic rings. The van der Waals surface area contributed by atoms with Crippen molar-refractivity contribution in [3.63, 3.8) is 0 Å². The summed E-state index contributed by atoms with van der Waals surface area (Å²) in [6.07, 6.45) is 6.04. The highest BCUT2D eigenvalue weighted by Crippen LogP contribution is 2.27. The van der Waals surface area contributed by atoms with Crippen LogP contribution in [0.1, 0.15) is 5.56 Å². The van der Waals surface area contributed by atoms with E-state index in [2.05, 4.69) is 33.5 Å². The van der Waals surface area contributed by atoms with Crippen LogP contribution in [0, 0.1) is 0 Å². The van der Waals surface area contributed by atoms with E-state index in [1.165, 1.54) is 10.9 Å². The molecular formula is C10H9N3. The first kappa shape index (κ1) is 6.71. The molecule has 0 saturated carbocycles. The highest BCUT2D eigenvalue weighted by Gasteiger charge is 2.10. The first-order chi connectivity index (χ1) is 6.45. The van der Waals surface area contributed by atoms with Crippen LogP contribution in [0.25, 0.3) is 17.1 Å². The highest BCUT2D eigenvalue weighted by molar-refractivity contribution is 5.93. The maximum absolute atomic E-state index is 4.26. The van der Waals surface area contributed by atoms with Gasteiger partial charge in [0, 0.05) is 23.7 Å². The summed E-state index contributed by atoms with van der Waals surface area (Å²) in [6.45, 7) is 0.889. The van der Waals surface area contributed by atoms with Crippen LogP contribution in [0.3, 0.4) is 0 Å². The van der Waals surface area contributed by atoms with Gasteiger partial charge in [-0.2, -0.15) is 0 Å². The third kappa shape index (κ3) is 0.869. The second kappa shape index (κ2) is 2.36. The predicted octanol–water partition coefficient (Wildman–Crippen LogP) is 2.00. The number of aromatic amines is 1. The highest BCUT2D eigenvalue weighted by atomic mass is 15.0. The molecule has 0 spiro atoms. The standard InChI is InChI=1S/C10H9N3/c1-3-7-8-4-2-6-12-10(8)13-9(7)11-5-1/h1-5,12H,6H2,(H,11,13). The van der Waals surface area contributed by atoms with Crippen molar-refractivity contribution in [1.29, 1.82) is 0 Å². The molecule has 3 heteroatoms. The second-order valence-electron chi connectivity index (χ2n) is 3.10. The lowest BCUT2D eigenvalue weighted by molar-refractivity contribution is 1.24. The van der Waals surface area contributed by atoms with Gasteiger partial charge in [0.2, 0.25) is 0 Å². The average Bonchev–Trinajstić information content (AvgIpc) is 2.56. The van der Waals surface area contributed by atoms with Crippen molar-refractivity contribution < 1.29 is 0 Å². The summed E-state index contributed by atoms with van der Waals surface area (Å²) in [6, 6.07) is 4.04. The van der Waals surface area contributed by atoms with Gasteiger partial charge in [-0.3, -0.25) is 0 Å². The van der Waals surface area contributed by atoms with E-state index >= 15 is 0 Å². The zero-order valence-corrected chi connectivity index (χ0v) is 7.04. The lowest BCUT2D eigenvalue weighted by atomic mass is 10.1. The molecule has 0 amide bonds. The molecule has 0 aliphatic carbocycles. The fourth-order valence-electron chi connectivity index (χ4n) is 1.69. The van der Waals surface area contributed by atoms with E-state index in [9.17, 15) is 0 Å². The molecule has 2 aromatic heterocycles. The van der Waals surface area contributed by atoms with Crippen LogP contribution in [-0.2, 0) is 0 Å². The van der Waals surface area contributed by atoms with Gasteiger partial charge < -0.3 is 10.3 Å². The van der Waals surface area contributed by atoms with Gasteiger partial charge >= 0.3 is 0 Å². The minimum atomic E-state index is 0.889. The smallest absolute Gasteiger partial charge is 0.139 e. The monoisotopic (exact) mass is 171 g/mol. The van der Waals surface area contributed by atoms with Crippen molar-refractivity contribution in [3.05, 3.63) is 30.0 Å². The molecule has 2 N–H and O–H groups in total. The number of hydrogen-bond donors (Lipinski definition) is 2. The molecule has 64 valence electrons. The summed E-state index contributed by atoms with van der Waals surface area (Å²) < 4.78 is 0. The lowest BCUT2D eigenvalue weighted by Crippen LogP contribution is -2.02. The third-order valence-corrected chi connectivity index (χ3v) is 2.29. The van der Waals surface area contributed by atoms with Crippen molar-refractivity contribution in [3.8, 4) is 0 Å². The lowest BCUT2D eigenvalue weighted by Gasteiger charge is -2.06. The molecule has 0 unspecified atom stereocenters. The normalized spacial score (nSPS) is 14.2. The van der Waals surface area contributed by atoms with Crippen LogP contribution < -0.4 is 5.32 Å². The molecule has 0 atom stereocenters. The van der Waals surface area contributed by atoms with Gasteiger partial charge in [-0.15, -0.1) is 0 Å². The van der Waals surface area contributed by atoms with Crippen LogP contribution in [0.5, 0.6) is 0 Å². The number of hydrogen-bond acceptors (Lipinski definition) is 2. The van der Waals surface area contributed by atoms with E-state index < -0.39 is 0 Å². The van der Waals surface area contributed by atoms with Gasteiger partial charge in [0.1, 0.15) is 11.5 Å². The van der Waals surface area contributed by atoms with Crippen molar-refractivity contribution in [2.24, 2.45) is 0 Å². The Bertz CT molecular complexity index is 482. The Labute approximate surface area is 75.5 Å². The van der Waals surface area contributed by atoms with Gasteiger partial charge in [0.15, 0.2) is 0 Å². The molecule has 3 nitrogen and oxygen atoms in total. The number of rotatable bonds is 0. The number of fused-ring (bicyclic) bond motifs is 3. The summed E-state index contributed by atoms with van der Waals surface area (Å²) in [7, 11) is 0. The largest absolute Gasteiger partial charge is 0.368 e. The zero-order chi connectivity index (χ0) is 8.67. The number of pyridine rings is 1. The Kier molecular flexibility index (Phi) is 1.22. The summed E-state index contributed by atoms with van der Waals surface area (Å²) >= 11 is 0. The summed E-state index contributed by atoms with van der Waals surface area (Å²) in [4.78, 5) is 7.50. The maximum atomic E-state index is 4.26. The Balaban J connectivity index is 2.42. The Hall–Kier alpha value is -1.77. The van der Waals surface area contributed by atoms with Gasteiger partial charge in [0.25, 0.3) is 0 Å².